The van der Waals surface area contributed by atoms with E-state index in [1.54, 1.807) is 32.4 Å². The number of anilines is 1. The maximum Gasteiger partial charge on any atom is 0.219 e. The Bertz CT molecular complexity index is 1130. The summed E-state index contributed by atoms with van der Waals surface area (Å²) in [6.07, 6.45) is 0. The van der Waals surface area contributed by atoms with E-state index in [0.29, 0.717) is 27.7 Å². The minimum absolute atomic E-state index is 0.0634. The number of hydrogen-bond donors (Lipinski definition) is 1. The number of nitrogens with two attached hydrogens (primary N) is 1. The maximum absolute atomic E-state index is 14.3. The van der Waals surface area contributed by atoms with E-state index in [1.165, 1.54) is 17.4 Å². The lowest BCUT2D eigenvalue weighted by atomic mass is 10.2. The van der Waals surface area contributed by atoms with Gasteiger partial charge in [-0.3, -0.25) is 0 Å². The molecule has 0 aliphatic carbocycles. The topological polar surface area (TPSA) is 79.5 Å². The Labute approximate surface area is 152 Å². The molecule has 26 heavy (non-hydrogen) atoms. The van der Waals surface area contributed by atoms with E-state index in [0.717, 1.165) is 10.1 Å². The van der Waals surface area contributed by atoms with E-state index in [9.17, 15) is 4.39 Å². The Balaban J connectivity index is 1.74. The van der Waals surface area contributed by atoms with Crippen LogP contribution in [0.4, 0.5) is 9.52 Å². The standard InChI is InChI=1S/C18H14FN3O3S/c1-23-14-5-9-3-4-17(21-11(9)7-15(14)24-2)25-13-8-16-12(6-10(13)19)22-18(20)26-16/h3-8H,1-2H3,(H2,20,22). The average molecular weight is 371 g/mol. The number of benzene rings is 2. The molecule has 0 aliphatic rings. The zero-order valence-electron chi connectivity index (χ0n) is 13.9. The molecular formula is C18H14FN3O3S. The van der Waals surface area contributed by atoms with Crippen molar-refractivity contribution in [3.05, 3.63) is 42.2 Å². The van der Waals surface area contributed by atoms with Gasteiger partial charge in [-0.2, -0.15) is 0 Å². The molecule has 0 fully saturated rings. The maximum atomic E-state index is 14.3. The first kappa shape index (κ1) is 16.3. The van der Waals surface area contributed by atoms with Crippen LogP contribution >= 0.6 is 11.3 Å². The SMILES string of the molecule is COc1cc2ccc(Oc3cc4sc(N)nc4cc3F)nc2cc1OC. The first-order chi connectivity index (χ1) is 12.6. The van der Waals surface area contributed by atoms with Crippen LogP contribution in [0, 0.1) is 5.82 Å². The summed E-state index contributed by atoms with van der Waals surface area (Å²) in [5, 5.41) is 1.22. The van der Waals surface area contributed by atoms with Crippen molar-refractivity contribution >= 4 is 37.6 Å². The summed E-state index contributed by atoms with van der Waals surface area (Å²) in [4.78, 5) is 8.48. The fourth-order valence-corrected chi connectivity index (χ4v) is 3.37. The second-order valence-electron chi connectivity index (χ2n) is 5.45. The monoisotopic (exact) mass is 371 g/mol. The van der Waals surface area contributed by atoms with Crippen molar-refractivity contribution in [3.63, 3.8) is 0 Å². The Kier molecular flexibility index (Phi) is 3.96. The molecule has 4 aromatic rings. The van der Waals surface area contributed by atoms with E-state index in [-0.39, 0.29) is 11.6 Å². The normalized spacial score (nSPS) is 11.0. The Morgan fingerprint density at radius 2 is 1.69 bits per heavy atom. The molecule has 0 aliphatic heterocycles. The molecule has 0 saturated heterocycles. The van der Waals surface area contributed by atoms with Crippen LogP contribution in [0.15, 0.2) is 36.4 Å². The largest absolute Gasteiger partial charge is 0.493 e. The van der Waals surface area contributed by atoms with E-state index < -0.39 is 5.82 Å². The van der Waals surface area contributed by atoms with Gasteiger partial charge in [0.25, 0.3) is 0 Å². The first-order valence-electron chi connectivity index (χ1n) is 7.63. The zero-order chi connectivity index (χ0) is 18.3. The number of nitrogens with zero attached hydrogens (tertiary/aromatic N) is 2. The molecule has 8 heteroatoms. The second kappa shape index (κ2) is 6.30. The van der Waals surface area contributed by atoms with Crippen molar-refractivity contribution in [2.24, 2.45) is 0 Å². The molecule has 2 heterocycles. The number of hydrogen-bond acceptors (Lipinski definition) is 7. The number of fused-ring (bicyclic) bond motifs is 2. The highest BCUT2D eigenvalue weighted by Gasteiger charge is 2.13. The van der Waals surface area contributed by atoms with E-state index >= 15 is 0 Å². The van der Waals surface area contributed by atoms with Gasteiger partial charge in [0, 0.05) is 29.7 Å². The molecule has 2 aromatic heterocycles. The summed E-state index contributed by atoms with van der Waals surface area (Å²) in [5.41, 5.74) is 6.81. The van der Waals surface area contributed by atoms with Gasteiger partial charge in [-0.1, -0.05) is 11.3 Å². The number of aromatic nitrogens is 2. The number of methoxy groups -OCH3 is 2. The summed E-state index contributed by atoms with van der Waals surface area (Å²) in [6.45, 7) is 0. The third kappa shape index (κ3) is 2.84. The highest BCUT2D eigenvalue weighted by Crippen LogP contribution is 2.35. The van der Waals surface area contributed by atoms with E-state index in [4.69, 9.17) is 19.9 Å². The van der Waals surface area contributed by atoms with Crippen molar-refractivity contribution in [2.45, 2.75) is 0 Å². The van der Waals surface area contributed by atoms with Gasteiger partial charge in [0.2, 0.25) is 5.88 Å². The predicted octanol–water partition coefficient (Wildman–Crippen LogP) is 4.38. The lowest BCUT2D eigenvalue weighted by Gasteiger charge is -2.10. The van der Waals surface area contributed by atoms with Gasteiger partial charge in [0.05, 0.1) is 30.0 Å². The minimum Gasteiger partial charge on any atom is -0.493 e. The summed E-state index contributed by atoms with van der Waals surface area (Å²) in [7, 11) is 3.12. The highest BCUT2D eigenvalue weighted by molar-refractivity contribution is 7.22. The second-order valence-corrected chi connectivity index (χ2v) is 6.52. The molecular weight excluding hydrogens is 357 g/mol. The Hall–Kier alpha value is -3.13. The molecule has 2 aromatic carbocycles. The predicted molar refractivity (Wildman–Crippen MR) is 98.9 cm³/mol. The van der Waals surface area contributed by atoms with Gasteiger partial charge in [-0.05, 0) is 12.1 Å². The number of halogens is 1. The van der Waals surface area contributed by atoms with Gasteiger partial charge >= 0.3 is 0 Å². The van der Waals surface area contributed by atoms with Crippen LogP contribution < -0.4 is 19.9 Å². The summed E-state index contributed by atoms with van der Waals surface area (Å²) < 4.78 is 31.2. The highest BCUT2D eigenvalue weighted by atomic mass is 32.1. The molecule has 0 saturated carbocycles. The molecule has 132 valence electrons. The van der Waals surface area contributed by atoms with Crippen LogP contribution in [-0.4, -0.2) is 24.2 Å². The summed E-state index contributed by atoms with van der Waals surface area (Å²) in [6, 6.07) is 9.91. The molecule has 2 N–H and O–H groups in total. The van der Waals surface area contributed by atoms with Gasteiger partial charge in [-0.15, -0.1) is 0 Å². The first-order valence-corrected chi connectivity index (χ1v) is 8.45. The van der Waals surface area contributed by atoms with Crippen LogP contribution in [0.3, 0.4) is 0 Å². The fraction of sp³-hybridized carbons (Fsp3) is 0.111. The minimum atomic E-state index is -0.531. The van der Waals surface area contributed by atoms with Crippen molar-refractivity contribution in [2.75, 3.05) is 20.0 Å². The number of ether oxygens (including phenoxy) is 3. The van der Waals surface area contributed by atoms with Crippen LogP contribution in [0.5, 0.6) is 23.1 Å². The van der Waals surface area contributed by atoms with Crippen molar-refractivity contribution < 1.29 is 18.6 Å². The average Bonchev–Trinajstić information content (AvgIpc) is 2.99. The molecule has 0 atom stereocenters. The van der Waals surface area contributed by atoms with Crippen LogP contribution in [0.2, 0.25) is 0 Å². The van der Waals surface area contributed by atoms with Crippen molar-refractivity contribution in [1.29, 1.82) is 0 Å². The molecule has 0 spiro atoms. The molecule has 0 bridgehead atoms. The van der Waals surface area contributed by atoms with Gasteiger partial charge < -0.3 is 19.9 Å². The van der Waals surface area contributed by atoms with Crippen LogP contribution in [-0.2, 0) is 0 Å². The zero-order valence-corrected chi connectivity index (χ0v) is 14.8. The number of pyridine rings is 1. The quantitative estimate of drug-likeness (QED) is 0.574. The molecule has 6 nitrogen and oxygen atoms in total. The van der Waals surface area contributed by atoms with Crippen LogP contribution in [0.25, 0.3) is 21.1 Å². The third-order valence-electron chi connectivity index (χ3n) is 3.84. The van der Waals surface area contributed by atoms with E-state index in [1.807, 2.05) is 12.1 Å². The van der Waals surface area contributed by atoms with Gasteiger partial charge in [0.1, 0.15) is 0 Å². The summed E-state index contributed by atoms with van der Waals surface area (Å²) in [5.74, 6) is 0.957. The number of rotatable bonds is 4. The molecule has 0 unspecified atom stereocenters. The lowest BCUT2D eigenvalue weighted by Crippen LogP contribution is -1.94. The number of thiazole rings is 1. The lowest BCUT2D eigenvalue weighted by molar-refractivity contribution is 0.355. The third-order valence-corrected chi connectivity index (χ3v) is 4.69. The van der Waals surface area contributed by atoms with Crippen LogP contribution in [0.1, 0.15) is 0 Å². The fourth-order valence-electron chi connectivity index (χ4n) is 2.63. The molecule has 4 rings (SSSR count). The van der Waals surface area contributed by atoms with Crippen molar-refractivity contribution in [3.8, 4) is 23.1 Å². The summed E-state index contributed by atoms with van der Waals surface area (Å²) >= 11 is 1.27. The number of nitrogen functional groups attached to an aromatic ring is 1. The smallest absolute Gasteiger partial charge is 0.219 e. The Morgan fingerprint density at radius 3 is 2.46 bits per heavy atom. The van der Waals surface area contributed by atoms with Gasteiger partial charge in [-0.25, -0.2) is 14.4 Å². The molecule has 0 radical (unpaired) electrons. The van der Waals surface area contributed by atoms with E-state index in [2.05, 4.69) is 9.97 Å². The Morgan fingerprint density at radius 1 is 0.923 bits per heavy atom. The van der Waals surface area contributed by atoms with Gasteiger partial charge in [0.15, 0.2) is 28.2 Å². The molecule has 0 amide bonds. The van der Waals surface area contributed by atoms with Crippen molar-refractivity contribution in [1.82, 2.24) is 9.97 Å².